The number of benzene rings is 2. The summed E-state index contributed by atoms with van der Waals surface area (Å²) in [6.45, 7) is 6.75. The van der Waals surface area contributed by atoms with Gasteiger partial charge < -0.3 is 15.1 Å². The van der Waals surface area contributed by atoms with Crippen LogP contribution in [0.1, 0.15) is 26.3 Å². The third-order valence-corrected chi connectivity index (χ3v) is 7.03. The van der Waals surface area contributed by atoms with Crippen LogP contribution in [0.5, 0.6) is 0 Å². The third-order valence-electron chi connectivity index (χ3n) is 5.54. The second kappa shape index (κ2) is 10.8. The monoisotopic (exact) mass is 472 g/mol. The number of hydrogen-bond acceptors (Lipinski definition) is 4. The van der Waals surface area contributed by atoms with E-state index >= 15 is 0 Å². The topological polar surface area (TPSA) is 98.8 Å². The molecule has 1 saturated heterocycles. The summed E-state index contributed by atoms with van der Waals surface area (Å²) in [5.74, 6) is -0.297. The second-order valence-corrected chi connectivity index (χ2v) is 10.3. The molecule has 1 heterocycles. The average molecular weight is 473 g/mol. The van der Waals surface area contributed by atoms with E-state index in [4.69, 9.17) is 0 Å². The molecule has 0 radical (unpaired) electrons. The minimum atomic E-state index is -3.89. The molecule has 0 aromatic heterocycles. The van der Waals surface area contributed by atoms with Crippen molar-refractivity contribution in [2.75, 3.05) is 19.6 Å². The molecule has 1 aliphatic heterocycles. The smallest absolute Gasteiger partial charge is 0.317 e. The van der Waals surface area contributed by atoms with Crippen LogP contribution in [0.4, 0.5) is 4.79 Å². The third kappa shape index (κ3) is 6.55. The van der Waals surface area contributed by atoms with E-state index < -0.39 is 16.1 Å². The van der Waals surface area contributed by atoms with E-state index in [1.54, 1.807) is 28.0 Å². The summed E-state index contributed by atoms with van der Waals surface area (Å²) in [5.41, 5.74) is 0.856. The number of carbonyl (C=O) groups is 2. The highest BCUT2D eigenvalue weighted by atomic mass is 32.2. The van der Waals surface area contributed by atoms with Crippen LogP contribution < -0.4 is 10.0 Å². The maximum absolute atomic E-state index is 13.5. The number of rotatable bonds is 7. The van der Waals surface area contributed by atoms with Crippen molar-refractivity contribution in [1.82, 2.24) is 19.8 Å². The first-order valence-electron chi connectivity index (χ1n) is 11.1. The fourth-order valence-electron chi connectivity index (χ4n) is 3.89. The lowest BCUT2D eigenvalue weighted by molar-refractivity contribution is -0.135. The van der Waals surface area contributed by atoms with Crippen LogP contribution in [0.15, 0.2) is 65.6 Å². The number of urea groups is 1. The Kier molecular flexibility index (Phi) is 8.10. The van der Waals surface area contributed by atoms with Crippen molar-refractivity contribution < 1.29 is 18.0 Å². The molecule has 3 amide bonds. The molecular weight excluding hydrogens is 440 g/mol. The number of amides is 3. The lowest BCUT2D eigenvalue weighted by Gasteiger charge is -2.41. The molecule has 2 atom stereocenters. The molecule has 9 heteroatoms. The molecule has 8 nitrogen and oxygen atoms in total. The molecule has 2 aromatic carbocycles. The number of piperazine rings is 1. The van der Waals surface area contributed by atoms with Gasteiger partial charge in [0.15, 0.2) is 0 Å². The maximum atomic E-state index is 13.5. The number of hydrogen-bond donors (Lipinski definition) is 2. The van der Waals surface area contributed by atoms with Crippen LogP contribution in [0.25, 0.3) is 0 Å². The SMILES string of the molecule is CC(C)NC(=O)N1CCN(C(=O)C(Cc2ccccc2)NS(=O)(=O)c2ccccc2)CC1C. The van der Waals surface area contributed by atoms with Crippen molar-refractivity contribution in [3.8, 4) is 0 Å². The minimum absolute atomic E-state index is 0.0204. The van der Waals surface area contributed by atoms with Crippen molar-refractivity contribution in [3.05, 3.63) is 66.2 Å². The summed E-state index contributed by atoms with van der Waals surface area (Å²) in [6.07, 6.45) is 0.230. The van der Waals surface area contributed by atoms with Gasteiger partial charge in [-0.05, 0) is 44.9 Å². The zero-order chi connectivity index (χ0) is 24.0. The molecular formula is C24H32N4O4S. The highest BCUT2D eigenvalue weighted by Crippen LogP contribution is 2.16. The molecule has 3 rings (SSSR count). The molecule has 0 spiro atoms. The highest BCUT2D eigenvalue weighted by Gasteiger charge is 2.35. The van der Waals surface area contributed by atoms with Gasteiger partial charge in [-0.1, -0.05) is 48.5 Å². The average Bonchev–Trinajstić information content (AvgIpc) is 2.78. The predicted molar refractivity (Wildman–Crippen MR) is 127 cm³/mol. The number of sulfonamides is 1. The van der Waals surface area contributed by atoms with E-state index in [9.17, 15) is 18.0 Å². The van der Waals surface area contributed by atoms with Crippen LogP contribution in [0.2, 0.25) is 0 Å². The minimum Gasteiger partial charge on any atom is -0.337 e. The lowest BCUT2D eigenvalue weighted by atomic mass is 10.0. The Morgan fingerprint density at radius 3 is 2.18 bits per heavy atom. The Morgan fingerprint density at radius 1 is 1.00 bits per heavy atom. The van der Waals surface area contributed by atoms with Gasteiger partial charge in [0.25, 0.3) is 0 Å². The molecule has 1 aliphatic rings. The van der Waals surface area contributed by atoms with Crippen LogP contribution in [0, 0.1) is 0 Å². The zero-order valence-corrected chi connectivity index (χ0v) is 20.1. The van der Waals surface area contributed by atoms with Gasteiger partial charge in [0, 0.05) is 31.7 Å². The Hall–Kier alpha value is -2.91. The molecule has 0 aliphatic carbocycles. The summed E-state index contributed by atoms with van der Waals surface area (Å²) in [4.78, 5) is 29.4. The molecule has 178 valence electrons. The van der Waals surface area contributed by atoms with Crippen LogP contribution in [0.3, 0.4) is 0 Å². The standard InChI is InChI=1S/C24H32N4O4S/c1-18(2)25-24(30)28-15-14-27(17-19(28)3)23(29)22(16-20-10-6-4-7-11-20)26-33(31,32)21-12-8-5-9-13-21/h4-13,18-19,22,26H,14-17H2,1-3H3,(H,25,30). The van der Waals surface area contributed by atoms with Crippen molar-refractivity contribution in [1.29, 1.82) is 0 Å². The van der Waals surface area contributed by atoms with Gasteiger partial charge in [-0.15, -0.1) is 0 Å². The first kappa shape index (κ1) is 24.7. The van der Waals surface area contributed by atoms with Gasteiger partial charge in [0.05, 0.1) is 4.90 Å². The van der Waals surface area contributed by atoms with Gasteiger partial charge in [-0.2, -0.15) is 4.72 Å². The lowest BCUT2D eigenvalue weighted by Crippen LogP contribution is -2.61. The summed E-state index contributed by atoms with van der Waals surface area (Å²) in [5, 5.41) is 2.88. The molecule has 0 saturated carbocycles. The van der Waals surface area contributed by atoms with E-state index in [1.165, 1.54) is 12.1 Å². The Labute approximate surface area is 196 Å². The normalized spacial score (nSPS) is 17.6. The Bertz CT molecular complexity index is 1040. The summed E-state index contributed by atoms with van der Waals surface area (Å²) >= 11 is 0. The Morgan fingerprint density at radius 2 is 1.61 bits per heavy atom. The fourth-order valence-corrected chi connectivity index (χ4v) is 5.10. The van der Waals surface area contributed by atoms with Gasteiger partial charge in [-0.25, -0.2) is 13.2 Å². The summed E-state index contributed by atoms with van der Waals surface area (Å²) in [6, 6.07) is 16.1. The zero-order valence-electron chi connectivity index (χ0n) is 19.3. The van der Waals surface area contributed by atoms with E-state index in [1.807, 2.05) is 51.1 Å². The van der Waals surface area contributed by atoms with Crippen molar-refractivity contribution >= 4 is 22.0 Å². The largest absolute Gasteiger partial charge is 0.337 e. The van der Waals surface area contributed by atoms with E-state index in [-0.39, 0.29) is 35.3 Å². The Balaban J connectivity index is 1.77. The maximum Gasteiger partial charge on any atom is 0.317 e. The number of carbonyl (C=O) groups excluding carboxylic acids is 2. The van der Waals surface area contributed by atoms with Crippen molar-refractivity contribution in [2.24, 2.45) is 0 Å². The first-order chi connectivity index (χ1) is 15.7. The summed E-state index contributed by atoms with van der Waals surface area (Å²) < 4.78 is 28.6. The predicted octanol–water partition coefficient (Wildman–Crippen LogP) is 2.23. The molecule has 0 bridgehead atoms. The number of nitrogens with zero attached hydrogens (tertiary/aromatic N) is 2. The summed E-state index contributed by atoms with van der Waals surface area (Å²) in [7, 11) is -3.89. The quantitative estimate of drug-likeness (QED) is 0.646. The fraction of sp³-hybridized carbons (Fsp3) is 0.417. The van der Waals surface area contributed by atoms with Gasteiger partial charge in [0.1, 0.15) is 6.04 Å². The molecule has 2 unspecified atom stereocenters. The van der Waals surface area contributed by atoms with Gasteiger partial charge in [-0.3, -0.25) is 4.79 Å². The van der Waals surface area contributed by atoms with Crippen molar-refractivity contribution in [3.63, 3.8) is 0 Å². The molecule has 2 N–H and O–H groups in total. The van der Waals surface area contributed by atoms with Gasteiger partial charge >= 0.3 is 6.03 Å². The van der Waals surface area contributed by atoms with E-state index in [0.717, 1.165) is 5.56 Å². The second-order valence-electron chi connectivity index (χ2n) is 8.61. The first-order valence-corrected chi connectivity index (χ1v) is 12.6. The molecule has 2 aromatic rings. The van der Waals surface area contributed by atoms with Gasteiger partial charge in [0.2, 0.25) is 15.9 Å². The van der Waals surface area contributed by atoms with Crippen LogP contribution in [-0.2, 0) is 21.2 Å². The molecule has 33 heavy (non-hydrogen) atoms. The number of nitrogens with one attached hydrogen (secondary N) is 2. The van der Waals surface area contributed by atoms with E-state index in [0.29, 0.717) is 19.6 Å². The highest BCUT2D eigenvalue weighted by molar-refractivity contribution is 7.89. The molecule has 1 fully saturated rings. The van der Waals surface area contributed by atoms with Crippen molar-refractivity contribution in [2.45, 2.75) is 50.2 Å². The van der Waals surface area contributed by atoms with Crippen LogP contribution >= 0.6 is 0 Å². The van der Waals surface area contributed by atoms with E-state index in [2.05, 4.69) is 10.0 Å². The van der Waals surface area contributed by atoms with Crippen LogP contribution in [-0.4, -0.2) is 67.9 Å².